The van der Waals surface area contributed by atoms with Gasteiger partial charge in [0.2, 0.25) is 0 Å². The first-order valence-corrected chi connectivity index (χ1v) is 8.98. The zero-order chi connectivity index (χ0) is 19.5. The molecule has 3 aromatic rings. The first kappa shape index (κ1) is 18.6. The summed E-state index contributed by atoms with van der Waals surface area (Å²) in [6.45, 7) is 1.09. The Kier molecular flexibility index (Phi) is 5.36. The van der Waals surface area contributed by atoms with Gasteiger partial charge in [0.15, 0.2) is 17.7 Å². The highest BCUT2D eigenvalue weighted by atomic mass is 19.2. The Labute approximate surface area is 161 Å². The van der Waals surface area contributed by atoms with E-state index in [0.29, 0.717) is 24.7 Å². The highest BCUT2D eigenvalue weighted by molar-refractivity contribution is 5.66. The lowest BCUT2D eigenvalue weighted by Crippen LogP contribution is -2.31. The molecule has 0 bridgehead atoms. The van der Waals surface area contributed by atoms with Crippen LogP contribution in [0.2, 0.25) is 0 Å². The van der Waals surface area contributed by atoms with Gasteiger partial charge in [-0.2, -0.15) is 5.10 Å². The molecule has 4 rings (SSSR count). The van der Waals surface area contributed by atoms with Gasteiger partial charge < -0.3 is 14.2 Å². The van der Waals surface area contributed by atoms with E-state index in [1.807, 2.05) is 30.3 Å². The van der Waals surface area contributed by atoms with Gasteiger partial charge in [-0.3, -0.25) is 4.68 Å². The summed E-state index contributed by atoms with van der Waals surface area (Å²) in [5, 5.41) is 4.51. The van der Waals surface area contributed by atoms with Crippen LogP contribution in [0.25, 0.3) is 11.3 Å². The Hall–Kier alpha value is -2.77. The van der Waals surface area contributed by atoms with Gasteiger partial charge in [-0.05, 0) is 24.3 Å². The molecular formula is C21H20F2N2O3. The minimum absolute atomic E-state index is 0.124. The Morgan fingerprint density at radius 2 is 1.89 bits per heavy atom. The van der Waals surface area contributed by atoms with Crippen LogP contribution in [0.1, 0.15) is 5.56 Å². The van der Waals surface area contributed by atoms with Crippen LogP contribution >= 0.6 is 0 Å². The third kappa shape index (κ3) is 3.76. The summed E-state index contributed by atoms with van der Waals surface area (Å²) in [5.41, 5.74) is 1.73. The normalized spacial score (nSPS) is 19.1. The van der Waals surface area contributed by atoms with Crippen molar-refractivity contribution in [2.45, 2.75) is 18.8 Å². The minimum Gasteiger partial charge on any atom is -0.484 e. The second-order valence-corrected chi connectivity index (χ2v) is 6.58. The van der Waals surface area contributed by atoms with Crippen LogP contribution in [0.15, 0.2) is 54.7 Å². The summed E-state index contributed by atoms with van der Waals surface area (Å²) in [7, 11) is 1.63. The van der Waals surface area contributed by atoms with E-state index < -0.39 is 11.6 Å². The molecule has 0 spiro atoms. The second kappa shape index (κ2) is 8.08. The molecule has 2 atom stereocenters. The number of benzene rings is 2. The van der Waals surface area contributed by atoms with Gasteiger partial charge in [-0.15, -0.1) is 0 Å². The van der Waals surface area contributed by atoms with Gasteiger partial charge in [-0.25, -0.2) is 8.78 Å². The lowest BCUT2D eigenvalue weighted by Gasteiger charge is -2.19. The molecule has 0 radical (unpaired) electrons. The standard InChI is InChI=1S/C21H20F2N2O3/c1-26-19-12-27-13-20(19)28-18-8-3-2-6-15(18)17-9-10-25(24-17)11-14-5-4-7-16(22)21(14)23/h2-10,19-20H,11-13H2,1H3/t19?,20-/m0/s1. The zero-order valence-electron chi connectivity index (χ0n) is 15.3. The van der Waals surface area contributed by atoms with Crippen molar-refractivity contribution in [3.05, 3.63) is 71.9 Å². The van der Waals surface area contributed by atoms with Crippen LogP contribution in [0.3, 0.4) is 0 Å². The molecule has 2 heterocycles. The van der Waals surface area contributed by atoms with E-state index in [2.05, 4.69) is 5.10 Å². The highest BCUT2D eigenvalue weighted by Crippen LogP contribution is 2.31. The van der Waals surface area contributed by atoms with Gasteiger partial charge in [0.1, 0.15) is 11.9 Å². The minimum atomic E-state index is -0.866. The average molecular weight is 386 g/mol. The number of ether oxygens (including phenoxy) is 3. The maximum Gasteiger partial charge on any atom is 0.163 e. The predicted octanol–water partition coefficient (Wildman–Crippen LogP) is 3.67. The molecule has 0 N–H and O–H groups in total. The highest BCUT2D eigenvalue weighted by Gasteiger charge is 2.30. The van der Waals surface area contributed by atoms with Crippen LogP contribution in [-0.4, -0.2) is 42.3 Å². The van der Waals surface area contributed by atoms with E-state index in [4.69, 9.17) is 14.2 Å². The van der Waals surface area contributed by atoms with Crippen LogP contribution in [0, 0.1) is 11.6 Å². The summed E-state index contributed by atoms with van der Waals surface area (Å²) in [6, 6.07) is 13.5. The maximum absolute atomic E-state index is 13.9. The molecule has 146 valence electrons. The SMILES string of the molecule is COC1COC[C@@H]1Oc1ccccc1-c1ccn(Cc2cccc(F)c2F)n1. The fourth-order valence-corrected chi connectivity index (χ4v) is 3.23. The van der Waals surface area contributed by atoms with E-state index >= 15 is 0 Å². The third-order valence-electron chi connectivity index (χ3n) is 4.73. The Morgan fingerprint density at radius 3 is 2.75 bits per heavy atom. The molecule has 5 nitrogen and oxygen atoms in total. The first-order chi connectivity index (χ1) is 13.7. The molecule has 7 heteroatoms. The number of rotatable bonds is 6. The molecule has 1 unspecified atom stereocenters. The van der Waals surface area contributed by atoms with E-state index in [9.17, 15) is 8.78 Å². The molecule has 1 saturated heterocycles. The van der Waals surface area contributed by atoms with Crippen molar-refractivity contribution in [2.24, 2.45) is 0 Å². The smallest absolute Gasteiger partial charge is 0.163 e. The Morgan fingerprint density at radius 1 is 1.07 bits per heavy atom. The van der Waals surface area contributed by atoms with Crippen LogP contribution < -0.4 is 4.74 Å². The van der Waals surface area contributed by atoms with Crippen molar-refractivity contribution in [3.8, 4) is 17.0 Å². The van der Waals surface area contributed by atoms with E-state index in [1.165, 1.54) is 6.07 Å². The summed E-state index contributed by atoms with van der Waals surface area (Å²) >= 11 is 0. The van der Waals surface area contributed by atoms with Gasteiger partial charge in [0.25, 0.3) is 0 Å². The first-order valence-electron chi connectivity index (χ1n) is 8.98. The Bertz CT molecular complexity index is 960. The summed E-state index contributed by atoms with van der Waals surface area (Å²) in [6.07, 6.45) is 1.41. The fraction of sp³-hybridized carbons (Fsp3) is 0.286. The summed E-state index contributed by atoms with van der Waals surface area (Å²) < 4.78 is 45.9. The molecule has 1 aromatic heterocycles. The van der Waals surface area contributed by atoms with Crippen molar-refractivity contribution in [3.63, 3.8) is 0 Å². The molecule has 0 aliphatic carbocycles. The molecule has 1 aliphatic rings. The number of aromatic nitrogens is 2. The topological polar surface area (TPSA) is 45.5 Å². The number of hydrogen-bond acceptors (Lipinski definition) is 4. The second-order valence-electron chi connectivity index (χ2n) is 6.58. The number of hydrogen-bond donors (Lipinski definition) is 0. The molecule has 0 saturated carbocycles. The lowest BCUT2D eigenvalue weighted by atomic mass is 10.1. The number of methoxy groups -OCH3 is 1. The molecule has 1 aliphatic heterocycles. The van der Waals surface area contributed by atoms with E-state index in [1.54, 1.807) is 24.1 Å². The van der Waals surface area contributed by atoms with E-state index in [0.717, 1.165) is 11.6 Å². The average Bonchev–Trinajstić information content (AvgIpc) is 3.35. The fourth-order valence-electron chi connectivity index (χ4n) is 3.23. The van der Waals surface area contributed by atoms with Crippen molar-refractivity contribution >= 4 is 0 Å². The van der Waals surface area contributed by atoms with Crippen LogP contribution in [0.5, 0.6) is 5.75 Å². The van der Waals surface area contributed by atoms with Crippen molar-refractivity contribution in [2.75, 3.05) is 20.3 Å². The molecule has 28 heavy (non-hydrogen) atoms. The molecular weight excluding hydrogens is 366 g/mol. The summed E-state index contributed by atoms with van der Waals surface area (Å²) in [4.78, 5) is 0. The van der Waals surface area contributed by atoms with Crippen molar-refractivity contribution in [1.82, 2.24) is 9.78 Å². The Balaban J connectivity index is 1.56. The largest absolute Gasteiger partial charge is 0.484 e. The quantitative estimate of drug-likeness (QED) is 0.649. The molecule has 1 fully saturated rings. The van der Waals surface area contributed by atoms with Crippen molar-refractivity contribution in [1.29, 1.82) is 0 Å². The molecule has 0 amide bonds. The number of halogens is 2. The monoisotopic (exact) mass is 386 g/mol. The van der Waals surface area contributed by atoms with E-state index in [-0.39, 0.29) is 24.3 Å². The van der Waals surface area contributed by atoms with Gasteiger partial charge in [0.05, 0.1) is 25.5 Å². The third-order valence-corrected chi connectivity index (χ3v) is 4.73. The lowest BCUT2D eigenvalue weighted by molar-refractivity contribution is 0.0328. The van der Waals surface area contributed by atoms with Gasteiger partial charge in [-0.1, -0.05) is 24.3 Å². The van der Waals surface area contributed by atoms with Gasteiger partial charge >= 0.3 is 0 Å². The maximum atomic E-state index is 13.9. The zero-order valence-corrected chi connectivity index (χ0v) is 15.3. The molecule has 2 aromatic carbocycles. The number of para-hydroxylation sites is 1. The summed E-state index contributed by atoms with van der Waals surface area (Å²) in [5.74, 6) is -1.05. The van der Waals surface area contributed by atoms with Gasteiger partial charge in [0, 0.05) is 24.4 Å². The van der Waals surface area contributed by atoms with Crippen LogP contribution in [-0.2, 0) is 16.0 Å². The number of nitrogens with zero attached hydrogens (tertiary/aromatic N) is 2. The predicted molar refractivity (Wildman–Crippen MR) is 99.2 cm³/mol. The van der Waals surface area contributed by atoms with Crippen LogP contribution in [0.4, 0.5) is 8.78 Å². The van der Waals surface area contributed by atoms with Crippen molar-refractivity contribution < 1.29 is 23.0 Å².